The van der Waals surface area contributed by atoms with Gasteiger partial charge in [-0.05, 0) is 24.6 Å². The van der Waals surface area contributed by atoms with Gasteiger partial charge < -0.3 is 20.5 Å². The van der Waals surface area contributed by atoms with E-state index < -0.39 is 47.6 Å². The fourth-order valence-corrected chi connectivity index (χ4v) is 2.69. The quantitative estimate of drug-likeness (QED) is 0.538. The van der Waals surface area contributed by atoms with Crippen molar-refractivity contribution in [2.24, 2.45) is 5.92 Å². The van der Waals surface area contributed by atoms with Crippen LogP contribution in [0.15, 0.2) is 24.3 Å². The number of urea groups is 1. The zero-order valence-electron chi connectivity index (χ0n) is 13.6. The lowest BCUT2D eigenvalue weighted by atomic mass is 9.82. The van der Waals surface area contributed by atoms with Crippen molar-refractivity contribution in [3.63, 3.8) is 0 Å². The van der Waals surface area contributed by atoms with E-state index in [4.69, 9.17) is 0 Å². The van der Waals surface area contributed by atoms with Crippen LogP contribution in [0.25, 0.3) is 0 Å². The topological polar surface area (TPSA) is 87.7 Å². The molecule has 2 amide bonds. The SMILES string of the molecule is CCOC(=O)C1C(c2ccc(C(F)(F)F)cc2)NC(=O)NC1(O)C(F)(F)F. The van der Waals surface area contributed by atoms with E-state index >= 15 is 0 Å². The number of carbonyl (C=O) groups is 2. The van der Waals surface area contributed by atoms with Gasteiger partial charge in [0.2, 0.25) is 0 Å². The highest BCUT2D eigenvalue weighted by Gasteiger charge is 2.67. The lowest BCUT2D eigenvalue weighted by Crippen LogP contribution is -2.73. The Kier molecular flexibility index (Phi) is 5.32. The van der Waals surface area contributed by atoms with E-state index in [1.54, 1.807) is 0 Å². The van der Waals surface area contributed by atoms with Crippen LogP contribution in [0, 0.1) is 5.92 Å². The molecule has 12 heteroatoms. The molecule has 1 aliphatic rings. The zero-order chi connectivity index (χ0) is 20.6. The van der Waals surface area contributed by atoms with E-state index in [0.29, 0.717) is 12.1 Å². The van der Waals surface area contributed by atoms with Crippen molar-refractivity contribution in [1.29, 1.82) is 0 Å². The van der Waals surface area contributed by atoms with Gasteiger partial charge in [-0.15, -0.1) is 0 Å². The van der Waals surface area contributed by atoms with E-state index in [9.17, 15) is 41.0 Å². The van der Waals surface area contributed by atoms with Crippen LogP contribution < -0.4 is 10.6 Å². The van der Waals surface area contributed by atoms with Gasteiger partial charge in [-0.2, -0.15) is 26.3 Å². The number of rotatable bonds is 3. The number of benzene rings is 1. The fraction of sp³-hybridized carbons (Fsp3) is 0.467. The molecule has 3 N–H and O–H groups in total. The normalized spacial score (nSPS) is 26.1. The summed E-state index contributed by atoms with van der Waals surface area (Å²) in [4.78, 5) is 23.8. The molecule has 0 spiro atoms. The predicted molar refractivity (Wildman–Crippen MR) is 77.0 cm³/mol. The van der Waals surface area contributed by atoms with Crippen LogP contribution in [-0.2, 0) is 15.7 Å². The minimum atomic E-state index is -5.47. The first-order valence-electron chi connectivity index (χ1n) is 7.53. The third-order valence-corrected chi connectivity index (χ3v) is 3.94. The highest BCUT2D eigenvalue weighted by Crippen LogP contribution is 2.43. The van der Waals surface area contributed by atoms with Crippen molar-refractivity contribution in [3.8, 4) is 0 Å². The molecule has 0 aliphatic carbocycles. The molecule has 1 heterocycles. The fourth-order valence-electron chi connectivity index (χ4n) is 2.69. The standard InChI is InChI=1S/C15H14F6N2O4/c1-2-27-11(24)9-10(7-3-5-8(6-4-7)14(16,17)18)22-12(25)23-13(9,26)15(19,20)21/h3-6,9-10,26H,2H2,1H3,(H2,22,23,25). The third kappa shape index (κ3) is 3.94. The summed E-state index contributed by atoms with van der Waals surface area (Å²) in [6, 6.07) is -0.465. The van der Waals surface area contributed by atoms with Crippen LogP contribution in [0.5, 0.6) is 0 Å². The molecular weight excluding hydrogens is 386 g/mol. The number of halogens is 6. The summed E-state index contributed by atoms with van der Waals surface area (Å²) in [6.07, 6.45) is -10.2. The Labute approximate surface area is 148 Å². The molecule has 1 aromatic carbocycles. The molecule has 2 rings (SSSR count). The average Bonchev–Trinajstić information content (AvgIpc) is 2.52. The van der Waals surface area contributed by atoms with E-state index in [1.165, 1.54) is 12.2 Å². The molecule has 0 radical (unpaired) electrons. The van der Waals surface area contributed by atoms with Crippen LogP contribution in [0.3, 0.4) is 0 Å². The summed E-state index contributed by atoms with van der Waals surface area (Å²) in [5.74, 6) is -3.89. The van der Waals surface area contributed by atoms with E-state index in [0.717, 1.165) is 12.1 Å². The predicted octanol–water partition coefficient (Wildman–Crippen LogP) is 2.49. The van der Waals surface area contributed by atoms with Gasteiger partial charge in [-0.3, -0.25) is 4.79 Å². The second-order valence-corrected chi connectivity index (χ2v) is 5.69. The van der Waals surface area contributed by atoms with E-state index in [-0.39, 0.29) is 12.2 Å². The first-order chi connectivity index (χ1) is 12.3. The number of hydrogen-bond acceptors (Lipinski definition) is 4. The maximum absolute atomic E-state index is 13.4. The largest absolute Gasteiger partial charge is 0.466 e. The van der Waals surface area contributed by atoms with Gasteiger partial charge in [0.05, 0.1) is 18.2 Å². The highest BCUT2D eigenvalue weighted by atomic mass is 19.4. The summed E-state index contributed by atoms with van der Waals surface area (Å²) in [6.45, 7) is 0.990. The number of nitrogens with one attached hydrogen (secondary N) is 2. The van der Waals surface area contributed by atoms with Gasteiger partial charge in [0.15, 0.2) is 0 Å². The van der Waals surface area contributed by atoms with Crippen molar-refractivity contribution in [1.82, 2.24) is 10.6 Å². The van der Waals surface area contributed by atoms with Crippen molar-refractivity contribution in [2.45, 2.75) is 31.0 Å². The van der Waals surface area contributed by atoms with Gasteiger partial charge in [0.1, 0.15) is 5.92 Å². The number of hydrogen-bond donors (Lipinski definition) is 3. The Morgan fingerprint density at radius 2 is 1.74 bits per heavy atom. The molecule has 1 aliphatic heterocycles. The molecule has 6 nitrogen and oxygen atoms in total. The Balaban J connectivity index is 2.53. The zero-order valence-corrected chi connectivity index (χ0v) is 13.6. The monoisotopic (exact) mass is 400 g/mol. The summed E-state index contributed by atoms with van der Waals surface area (Å²) in [5.41, 5.74) is -5.31. The number of aliphatic hydroxyl groups is 1. The van der Waals surface area contributed by atoms with Crippen LogP contribution >= 0.6 is 0 Å². The van der Waals surface area contributed by atoms with Crippen molar-refractivity contribution >= 4 is 12.0 Å². The molecule has 150 valence electrons. The first kappa shape index (κ1) is 20.8. The molecule has 1 saturated heterocycles. The molecule has 1 fully saturated rings. The van der Waals surface area contributed by atoms with Gasteiger partial charge in [-0.1, -0.05) is 12.1 Å². The molecule has 0 saturated carbocycles. The van der Waals surface area contributed by atoms with Crippen LogP contribution in [0.1, 0.15) is 24.1 Å². The number of carbonyl (C=O) groups excluding carboxylic acids is 2. The molecule has 0 aromatic heterocycles. The molecule has 3 unspecified atom stereocenters. The summed E-state index contributed by atoms with van der Waals surface area (Å²) in [5, 5.41) is 13.3. The number of ether oxygens (including phenoxy) is 1. The second kappa shape index (κ2) is 6.91. The Hall–Kier alpha value is -2.50. The first-order valence-corrected chi connectivity index (χ1v) is 7.53. The summed E-state index contributed by atoms with van der Waals surface area (Å²) in [7, 11) is 0. The molecular formula is C15H14F6N2O4. The van der Waals surface area contributed by atoms with Crippen LogP contribution in [0.2, 0.25) is 0 Å². The Bertz CT molecular complexity index is 719. The smallest absolute Gasteiger partial charge is 0.437 e. The minimum Gasteiger partial charge on any atom is -0.466 e. The van der Waals surface area contributed by atoms with Crippen LogP contribution in [-0.4, -0.2) is 35.6 Å². The Morgan fingerprint density at radius 3 is 2.19 bits per heavy atom. The lowest BCUT2D eigenvalue weighted by Gasteiger charge is -2.44. The highest BCUT2D eigenvalue weighted by molar-refractivity contribution is 5.83. The van der Waals surface area contributed by atoms with Gasteiger partial charge in [-0.25, -0.2) is 4.79 Å². The number of alkyl halides is 6. The second-order valence-electron chi connectivity index (χ2n) is 5.69. The van der Waals surface area contributed by atoms with Crippen molar-refractivity contribution < 1.29 is 45.8 Å². The molecule has 0 bridgehead atoms. The van der Waals surface area contributed by atoms with Gasteiger partial charge >= 0.3 is 24.4 Å². The molecule has 1 aromatic rings. The summed E-state index contributed by atoms with van der Waals surface area (Å²) < 4.78 is 82.8. The lowest BCUT2D eigenvalue weighted by molar-refractivity contribution is -0.294. The van der Waals surface area contributed by atoms with E-state index in [2.05, 4.69) is 4.74 Å². The average molecular weight is 400 g/mol. The maximum atomic E-state index is 13.4. The molecule has 27 heavy (non-hydrogen) atoms. The van der Waals surface area contributed by atoms with Crippen molar-refractivity contribution in [3.05, 3.63) is 35.4 Å². The van der Waals surface area contributed by atoms with E-state index in [1.807, 2.05) is 5.32 Å². The number of esters is 1. The summed E-state index contributed by atoms with van der Waals surface area (Å²) >= 11 is 0. The Morgan fingerprint density at radius 1 is 1.19 bits per heavy atom. The van der Waals surface area contributed by atoms with Gasteiger partial charge in [0.25, 0.3) is 5.72 Å². The van der Waals surface area contributed by atoms with Crippen LogP contribution in [0.4, 0.5) is 31.1 Å². The van der Waals surface area contributed by atoms with Gasteiger partial charge in [0, 0.05) is 0 Å². The number of amides is 2. The maximum Gasteiger partial charge on any atom is 0.437 e. The molecule has 3 atom stereocenters. The minimum absolute atomic E-state index is 0.251. The van der Waals surface area contributed by atoms with Crippen molar-refractivity contribution in [2.75, 3.05) is 6.61 Å². The third-order valence-electron chi connectivity index (χ3n) is 3.94.